The minimum absolute atomic E-state index is 0.0207. The molecule has 0 radical (unpaired) electrons. The Labute approximate surface area is 220 Å². The van der Waals surface area contributed by atoms with Gasteiger partial charge in [0, 0.05) is 36.6 Å². The van der Waals surface area contributed by atoms with Gasteiger partial charge in [0.05, 0.1) is 11.4 Å². The number of allylic oxidation sites excluding steroid dienone is 2. The first-order valence-corrected chi connectivity index (χ1v) is 15.0. The van der Waals surface area contributed by atoms with E-state index in [1.165, 1.54) is 25.3 Å². The van der Waals surface area contributed by atoms with Crippen LogP contribution in [-0.4, -0.2) is 39.0 Å². The SMILES string of the molecule is Cc1cn([C@H]2C[C@H](O)[C@@H](CO[P+]([O-])([S-])C3=CC[C@@H]4C[C@H]3C4(C)C)O2)c(=O)n(C(=O)c2ccccc2)c1=O. The molecule has 9 nitrogen and oxygen atoms in total. The average molecular weight is 546 g/mol. The predicted octanol–water partition coefficient (Wildman–Crippen LogP) is 2.29. The van der Waals surface area contributed by atoms with Crippen molar-refractivity contribution < 1.29 is 24.1 Å². The van der Waals surface area contributed by atoms with Gasteiger partial charge in [-0.25, -0.2) is 4.79 Å². The van der Waals surface area contributed by atoms with E-state index in [1.54, 1.807) is 18.2 Å². The van der Waals surface area contributed by atoms with Gasteiger partial charge >= 0.3 is 5.69 Å². The van der Waals surface area contributed by atoms with Gasteiger partial charge in [0.1, 0.15) is 18.9 Å². The maximum atomic E-state index is 13.4. The molecule has 3 aliphatic carbocycles. The molecule has 1 saturated carbocycles. The molecule has 1 aromatic heterocycles. The minimum Gasteiger partial charge on any atom is -0.669 e. The van der Waals surface area contributed by atoms with Crippen molar-refractivity contribution >= 4 is 25.1 Å². The second-order valence-corrected chi connectivity index (χ2v) is 13.9. The van der Waals surface area contributed by atoms with E-state index in [9.17, 15) is 24.4 Å². The largest absolute Gasteiger partial charge is 0.669 e. The first-order valence-electron chi connectivity index (χ1n) is 12.4. The Balaban J connectivity index is 1.33. The van der Waals surface area contributed by atoms with Gasteiger partial charge in [-0.15, -0.1) is 0 Å². The van der Waals surface area contributed by atoms with E-state index >= 15 is 0 Å². The maximum Gasteiger partial charge on any atom is 0.340 e. The van der Waals surface area contributed by atoms with Crippen molar-refractivity contribution in [2.75, 3.05) is 6.61 Å². The molecule has 4 aliphatic rings. The minimum atomic E-state index is -3.52. The molecule has 6 rings (SSSR count). The number of aromatic nitrogens is 2. The van der Waals surface area contributed by atoms with E-state index in [2.05, 4.69) is 13.8 Å². The topological polar surface area (TPSA) is 123 Å². The zero-order valence-electron chi connectivity index (χ0n) is 20.9. The van der Waals surface area contributed by atoms with Gasteiger partial charge < -0.3 is 27.0 Å². The molecule has 0 spiro atoms. The highest BCUT2D eigenvalue weighted by Gasteiger charge is 2.55. The Morgan fingerprint density at radius 1 is 1.27 bits per heavy atom. The van der Waals surface area contributed by atoms with Crippen LogP contribution in [0.4, 0.5) is 0 Å². The lowest BCUT2D eigenvalue weighted by Crippen LogP contribution is -2.49. The molecular formula is C26H30N2O7PS-. The standard InChI is InChI=1S/C26H31N2O7PS/c1-15-13-27(25(32)28(23(15)30)24(31)16-7-5-4-6-8-16)22-12-19(29)20(35-22)14-34-36(33,37)21-10-9-17-11-18(21)26(17,2)3/h4-8,10,13,17-20,22,29H,9,11-12,14H2,1-3H3,(H,33,37)/p-1/t17-,18-,19+,20-,22-,36?/m1/s1. The number of carbonyl (C=O) groups excluding carboxylic acids is 1. The maximum absolute atomic E-state index is 13.4. The fourth-order valence-corrected chi connectivity index (χ4v) is 8.13. The van der Waals surface area contributed by atoms with E-state index in [0.29, 0.717) is 15.8 Å². The van der Waals surface area contributed by atoms with Crippen molar-refractivity contribution in [3.63, 3.8) is 0 Å². The van der Waals surface area contributed by atoms with Gasteiger partial charge in [0.25, 0.3) is 11.5 Å². The third-order valence-corrected chi connectivity index (χ3v) is 10.8. The number of ether oxygens (including phenoxy) is 1. The Kier molecular flexibility index (Phi) is 6.88. The van der Waals surface area contributed by atoms with E-state index in [0.717, 1.165) is 17.4 Å². The Hall–Kier alpha value is -2.07. The molecule has 2 fully saturated rings. The Morgan fingerprint density at radius 3 is 2.62 bits per heavy atom. The van der Waals surface area contributed by atoms with Crippen LogP contribution in [0.3, 0.4) is 0 Å². The molecule has 1 saturated heterocycles. The number of aryl methyl sites for hydroxylation is 1. The molecule has 2 heterocycles. The fraction of sp³-hybridized carbons (Fsp3) is 0.500. The fourth-order valence-electron chi connectivity index (χ4n) is 5.70. The lowest BCUT2D eigenvalue weighted by molar-refractivity contribution is -0.187. The number of fused-ring (bicyclic) bond motifs is 1. The summed E-state index contributed by atoms with van der Waals surface area (Å²) in [6.07, 6.45) is 2.21. The highest BCUT2D eigenvalue weighted by Crippen LogP contribution is 2.71. The highest BCUT2D eigenvalue weighted by atomic mass is 32.7. The van der Waals surface area contributed by atoms with Crippen LogP contribution in [0.2, 0.25) is 0 Å². The summed E-state index contributed by atoms with van der Waals surface area (Å²) in [4.78, 5) is 52.3. The summed E-state index contributed by atoms with van der Waals surface area (Å²) in [5.41, 5.74) is -1.19. The van der Waals surface area contributed by atoms with E-state index in [4.69, 9.17) is 21.5 Å². The zero-order chi connectivity index (χ0) is 26.7. The average Bonchev–Trinajstić information content (AvgIpc) is 3.25. The molecule has 1 N–H and O–H groups in total. The third-order valence-electron chi connectivity index (χ3n) is 8.19. The summed E-state index contributed by atoms with van der Waals surface area (Å²) in [6.45, 7) is 2.08. The Bertz CT molecular complexity index is 1370. The number of aliphatic hydroxyl groups excluding tert-OH is 1. The summed E-state index contributed by atoms with van der Waals surface area (Å²) in [6, 6.07) is 8.03. The molecular weight excluding hydrogens is 515 g/mol. The second kappa shape index (κ2) is 9.59. The number of nitrogens with zero attached hydrogens (tertiary/aromatic N) is 2. The third kappa shape index (κ3) is 4.58. The van der Waals surface area contributed by atoms with E-state index in [1.807, 2.05) is 6.08 Å². The van der Waals surface area contributed by atoms with Crippen LogP contribution < -0.4 is 16.1 Å². The van der Waals surface area contributed by atoms with Crippen LogP contribution in [0, 0.1) is 24.2 Å². The van der Waals surface area contributed by atoms with E-state index in [-0.39, 0.29) is 35.5 Å². The number of hydrogen-bond donors (Lipinski definition) is 1. The molecule has 2 bridgehead atoms. The van der Waals surface area contributed by atoms with Crippen LogP contribution >= 0.6 is 6.92 Å². The zero-order valence-corrected chi connectivity index (χ0v) is 22.6. The molecule has 37 heavy (non-hydrogen) atoms. The van der Waals surface area contributed by atoms with Crippen LogP contribution in [-0.2, 0) is 21.5 Å². The summed E-state index contributed by atoms with van der Waals surface area (Å²) in [7, 11) is 0. The van der Waals surface area contributed by atoms with Gasteiger partial charge in [0.15, 0.2) is 0 Å². The van der Waals surface area contributed by atoms with Crippen LogP contribution in [0.1, 0.15) is 55.3 Å². The normalized spacial score (nSPS) is 29.8. The van der Waals surface area contributed by atoms with Crippen molar-refractivity contribution in [1.29, 1.82) is 0 Å². The smallest absolute Gasteiger partial charge is 0.340 e. The molecule has 198 valence electrons. The summed E-state index contributed by atoms with van der Waals surface area (Å²) < 4.78 is 13.3. The van der Waals surface area contributed by atoms with Gasteiger partial charge in [-0.05, 0) is 49.3 Å². The molecule has 0 amide bonds. The van der Waals surface area contributed by atoms with Crippen LogP contribution in [0.15, 0.2) is 57.5 Å². The van der Waals surface area contributed by atoms with Gasteiger partial charge in [-0.1, -0.05) is 32.0 Å². The number of aliphatic hydroxyl groups is 1. The number of carbonyl (C=O) groups is 1. The van der Waals surface area contributed by atoms with Crippen LogP contribution in [0.5, 0.6) is 0 Å². The summed E-state index contributed by atoms with van der Waals surface area (Å²) in [5, 5.41) is 11.3. The van der Waals surface area contributed by atoms with Crippen molar-refractivity contribution in [1.82, 2.24) is 9.13 Å². The van der Waals surface area contributed by atoms with Crippen molar-refractivity contribution in [2.24, 2.45) is 17.3 Å². The quantitative estimate of drug-likeness (QED) is 0.433. The highest BCUT2D eigenvalue weighted by molar-refractivity contribution is 8.38. The monoisotopic (exact) mass is 545 g/mol. The number of hydrogen-bond acceptors (Lipinski definition) is 8. The molecule has 1 aliphatic heterocycles. The number of rotatable bonds is 6. The molecule has 1 aromatic carbocycles. The predicted molar refractivity (Wildman–Crippen MR) is 139 cm³/mol. The van der Waals surface area contributed by atoms with Gasteiger partial charge in [-0.2, -0.15) is 4.57 Å². The molecule has 6 atom stereocenters. The van der Waals surface area contributed by atoms with Gasteiger partial charge in [0.2, 0.25) is 0 Å². The van der Waals surface area contributed by atoms with Crippen molar-refractivity contribution in [3.05, 3.63) is 79.9 Å². The van der Waals surface area contributed by atoms with Gasteiger partial charge in [-0.3, -0.25) is 18.7 Å². The van der Waals surface area contributed by atoms with Crippen molar-refractivity contribution in [3.8, 4) is 0 Å². The second-order valence-electron chi connectivity index (χ2n) is 10.7. The summed E-state index contributed by atoms with van der Waals surface area (Å²) >= 11 is 5.41. The molecule has 11 heteroatoms. The first kappa shape index (κ1) is 26.5. The molecule has 2 aromatic rings. The summed E-state index contributed by atoms with van der Waals surface area (Å²) in [5.74, 6) is -0.0576. The lowest BCUT2D eigenvalue weighted by Gasteiger charge is -2.58. The first-order chi connectivity index (χ1) is 17.4. The number of benzene rings is 1. The molecule has 1 unspecified atom stereocenters. The van der Waals surface area contributed by atoms with Crippen LogP contribution in [0.25, 0.3) is 0 Å². The van der Waals surface area contributed by atoms with E-state index < -0.39 is 42.5 Å². The Morgan fingerprint density at radius 2 is 1.97 bits per heavy atom. The lowest BCUT2D eigenvalue weighted by atomic mass is 9.51. The van der Waals surface area contributed by atoms with Crippen molar-refractivity contribution in [2.45, 2.75) is 58.5 Å².